The Balaban J connectivity index is 1.75. The van der Waals surface area contributed by atoms with Crippen molar-refractivity contribution in [3.05, 3.63) is 35.9 Å². The maximum atomic E-state index is 13.0. The second kappa shape index (κ2) is 9.72. The van der Waals surface area contributed by atoms with Crippen LogP contribution in [0.3, 0.4) is 0 Å². The predicted octanol–water partition coefficient (Wildman–Crippen LogP) is 4.11. The summed E-state index contributed by atoms with van der Waals surface area (Å²) in [6.45, 7) is 11.9. The van der Waals surface area contributed by atoms with Crippen LogP contribution in [0.4, 0.5) is 0 Å². The second-order valence-electron chi connectivity index (χ2n) is 10.0. The topological polar surface area (TPSA) is 69.6 Å². The van der Waals surface area contributed by atoms with E-state index >= 15 is 0 Å². The molecule has 2 N–H and O–H groups in total. The number of aliphatic hydroxyl groups excluding tert-OH is 1. The highest BCUT2D eigenvalue weighted by atomic mass is 16.3. The van der Waals surface area contributed by atoms with Gasteiger partial charge >= 0.3 is 0 Å². The van der Waals surface area contributed by atoms with Crippen molar-refractivity contribution in [3.8, 4) is 0 Å². The fraction of sp³-hybridized carbons (Fsp3) is 0.692. The van der Waals surface area contributed by atoms with Crippen molar-refractivity contribution in [1.82, 2.24) is 10.2 Å². The van der Waals surface area contributed by atoms with Gasteiger partial charge in [-0.1, -0.05) is 39.0 Å². The molecule has 2 aliphatic rings. The summed E-state index contributed by atoms with van der Waals surface area (Å²) in [4.78, 5) is 27.6. The van der Waals surface area contributed by atoms with E-state index in [9.17, 15) is 14.7 Å². The number of carbonyl (C=O) groups excluding carboxylic acids is 2. The van der Waals surface area contributed by atoms with E-state index in [0.29, 0.717) is 18.7 Å². The number of aliphatic hydroxyl groups is 1. The minimum atomic E-state index is -0.528. The zero-order valence-electron chi connectivity index (χ0n) is 19.8. The lowest BCUT2D eigenvalue weighted by atomic mass is 9.51. The number of hydrogen-bond donors (Lipinski definition) is 2. The SMILES string of the molecule is CCN(CC)C(=O)[C@@H](C)C1CC[C@@]2(C)CC[C@H](NC(=O)c3ccccc3)[C@@H](C)[C@@H]2[C@H]1O. The molecule has 0 radical (unpaired) electrons. The fourth-order valence-corrected chi connectivity index (χ4v) is 6.35. The maximum absolute atomic E-state index is 13.0. The van der Waals surface area contributed by atoms with Crippen LogP contribution in [0.5, 0.6) is 0 Å². The number of amides is 2. The first-order valence-corrected chi connectivity index (χ1v) is 12.1. The molecule has 7 atom stereocenters. The van der Waals surface area contributed by atoms with Crippen molar-refractivity contribution < 1.29 is 14.7 Å². The molecule has 3 rings (SSSR count). The molecule has 2 amide bonds. The highest BCUT2D eigenvalue weighted by molar-refractivity contribution is 5.94. The number of benzene rings is 1. The molecular weight excluding hydrogens is 388 g/mol. The Labute approximate surface area is 187 Å². The summed E-state index contributed by atoms with van der Waals surface area (Å²) in [7, 11) is 0. The molecule has 0 spiro atoms. The van der Waals surface area contributed by atoms with Crippen LogP contribution >= 0.6 is 0 Å². The fourth-order valence-electron chi connectivity index (χ4n) is 6.35. The van der Waals surface area contributed by atoms with E-state index in [2.05, 4.69) is 19.2 Å². The molecule has 5 nitrogen and oxygen atoms in total. The van der Waals surface area contributed by atoms with E-state index < -0.39 is 6.10 Å². The van der Waals surface area contributed by atoms with Crippen LogP contribution in [-0.4, -0.2) is 47.1 Å². The molecule has 2 saturated carbocycles. The van der Waals surface area contributed by atoms with Gasteiger partial charge in [-0.05, 0) is 74.8 Å². The normalized spacial score (nSPS) is 33.8. The third kappa shape index (κ3) is 4.67. The van der Waals surface area contributed by atoms with Gasteiger partial charge in [-0.15, -0.1) is 0 Å². The Morgan fingerprint density at radius 1 is 1.16 bits per heavy atom. The molecule has 0 heterocycles. The molecule has 5 heteroatoms. The summed E-state index contributed by atoms with van der Waals surface area (Å²) in [5.41, 5.74) is 0.727. The van der Waals surface area contributed by atoms with Gasteiger partial charge in [0.1, 0.15) is 0 Å². The lowest BCUT2D eigenvalue weighted by Gasteiger charge is -2.56. The monoisotopic (exact) mass is 428 g/mol. The highest BCUT2D eigenvalue weighted by Crippen LogP contribution is 2.55. The first-order valence-electron chi connectivity index (χ1n) is 12.1. The number of carbonyl (C=O) groups is 2. The summed E-state index contributed by atoms with van der Waals surface area (Å²) in [5.74, 6) is 0.110. The van der Waals surface area contributed by atoms with Crippen LogP contribution in [-0.2, 0) is 4.79 Å². The summed E-state index contributed by atoms with van der Waals surface area (Å²) in [5, 5.41) is 14.8. The average molecular weight is 429 g/mol. The maximum Gasteiger partial charge on any atom is 0.251 e. The van der Waals surface area contributed by atoms with Crippen LogP contribution in [0.1, 0.15) is 70.7 Å². The first-order chi connectivity index (χ1) is 14.7. The average Bonchev–Trinajstić information content (AvgIpc) is 2.76. The molecule has 2 aliphatic carbocycles. The Bertz CT molecular complexity index is 763. The van der Waals surface area contributed by atoms with Crippen molar-refractivity contribution in [2.75, 3.05) is 13.1 Å². The summed E-state index contributed by atoms with van der Waals surface area (Å²) >= 11 is 0. The van der Waals surface area contributed by atoms with E-state index in [-0.39, 0.29) is 46.9 Å². The number of hydrogen-bond acceptors (Lipinski definition) is 3. The van der Waals surface area contributed by atoms with Crippen LogP contribution < -0.4 is 5.32 Å². The van der Waals surface area contributed by atoms with Crippen LogP contribution in [0.2, 0.25) is 0 Å². The van der Waals surface area contributed by atoms with E-state index in [1.54, 1.807) is 0 Å². The molecule has 1 aromatic carbocycles. The molecular formula is C26H40N2O3. The molecule has 2 fully saturated rings. The van der Waals surface area contributed by atoms with Crippen molar-refractivity contribution in [1.29, 1.82) is 0 Å². The van der Waals surface area contributed by atoms with Gasteiger partial charge in [-0.3, -0.25) is 9.59 Å². The Morgan fingerprint density at radius 3 is 2.39 bits per heavy atom. The van der Waals surface area contributed by atoms with Gasteiger partial charge in [0.2, 0.25) is 5.91 Å². The quantitative estimate of drug-likeness (QED) is 0.716. The van der Waals surface area contributed by atoms with Crippen LogP contribution in [0.25, 0.3) is 0 Å². The summed E-state index contributed by atoms with van der Waals surface area (Å²) in [6, 6.07) is 9.36. The standard InChI is InChI=1S/C26H40N2O3/c1-6-28(7-2)25(31)17(3)20-13-15-26(5)16-14-21(18(4)22(26)23(20)29)27-24(30)19-11-9-8-10-12-19/h8-12,17-18,20-23,29H,6-7,13-16H2,1-5H3,(H,27,30)/t17-,18+,20?,21-,22+,23-,26-/m0/s1. The van der Waals surface area contributed by atoms with Gasteiger partial charge in [0, 0.05) is 30.6 Å². The van der Waals surface area contributed by atoms with E-state index in [4.69, 9.17) is 0 Å². The molecule has 31 heavy (non-hydrogen) atoms. The number of nitrogens with zero attached hydrogens (tertiary/aromatic N) is 1. The predicted molar refractivity (Wildman–Crippen MR) is 124 cm³/mol. The Kier molecular flexibility index (Phi) is 7.46. The van der Waals surface area contributed by atoms with Crippen LogP contribution in [0, 0.1) is 29.1 Å². The van der Waals surface area contributed by atoms with Crippen LogP contribution in [0.15, 0.2) is 30.3 Å². The molecule has 172 valence electrons. The van der Waals surface area contributed by atoms with E-state index in [1.165, 1.54) is 0 Å². The zero-order valence-corrected chi connectivity index (χ0v) is 19.8. The third-order valence-corrected chi connectivity index (χ3v) is 8.35. The highest BCUT2D eigenvalue weighted by Gasteiger charge is 2.54. The Morgan fingerprint density at radius 2 is 1.77 bits per heavy atom. The molecule has 0 bridgehead atoms. The molecule has 1 aromatic rings. The van der Waals surface area contributed by atoms with Gasteiger partial charge in [0.15, 0.2) is 0 Å². The molecule has 1 unspecified atom stereocenters. The molecule has 0 saturated heterocycles. The van der Waals surface area contributed by atoms with Gasteiger partial charge in [-0.2, -0.15) is 0 Å². The minimum Gasteiger partial charge on any atom is -0.392 e. The number of rotatable bonds is 6. The zero-order chi connectivity index (χ0) is 22.8. The van der Waals surface area contributed by atoms with Crippen molar-refractivity contribution >= 4 is 11.8 Å². The van der Waals surface area contributed by atoms with Gasteiger partial charge in [-0.25, -0.2) is 0 Å². The number of fused-ring (bicyclic) bond motifs is 1. The first kappa shape index (κ1) is 23.8. The Hall–Kier alpha value is -1.88. The van der Waals surface area contributed by atoms with Gasteiger partial charge in [0.25, 0.3) is 5.91 Å². The summed E-state index contributed by atoms with van der Waals surface area (Å²) < 4.78 is 0. The number of nitrogens with one attached hydrogen (secondary N) is 1. The molecule has 0 aliphatic heterocycles. The molecule has 0 aromatic heterocycles. The third-order valence-electron chi connectivity index (χ3n) is 8.35. The van der Waals surface area contributed by atoms with E-state index in [0.717, 1.165) is 25.7 Å². The largest absolute Gasteiger partial charge is 0.392 e. The van der Waals surface area contributed by atoms with Gasteiger partial charge in [0.05, 0.1) is 6.10 Å². The lowest BCUT2D eigenvalue weighted by Crippen LogP contribution is -2.58. The van der Waals surface area contributed by atoms with Gasteiger partial charge < -0.3 is 15.3 Å². The van der Waals surface area contributed by atoms with Crippen molar-refractivity contribution in [3.63, 3.8) is 0 Å². The van der Waals surface area contributed by atoms with Crippen molar-refractivity contribution in [2.24, 2.45) is 29.1 Å². The minimum absolute atomic E-state index is 0.0304. The smallest absolute Gasteiger partial charge is 0.251 e. The second-order valence-corrected chi connectivity index (χ2v) is 10.0. The summed E-state index contributed by atoms with van der Waals surface area (Å²) in [6.07, 6.45) is 3.30. The van der Waals surface area contributed by atoms with E-state index in [1.807, 2.05) is 56.0 Å². The lowest BCUT2D eigenvalue weighted by molar-refractivity contribution is -0.149. The van der Waals surface area contributed by atoms with Crippen molar-refractivity contribution in [2.45, 2.75) is 72.4 Å².